The average Bonchev–Trinajstić information content (AvgIpc) is 2.06. The first-order valence-electron chi connectivity index (χ1n) is 4.59. The van der Waals surface area contributed by atoms with E-state index in [1.807, 2.05) is 0 Å². The molecule has 1 aromatic carbocycles. The van der Waals surface area contributed by atoms with Gasteiger partial charge in [0.25, 0.3) is 0 Å². The van der Waals surface area contributed by atoms with E-state index in [4.69, 9.17) is 0 Å². The number of phenolic OH excluding ortho intramolecular Hbond substituents is 1. The van der Waals surface area contributed by atoms with Crippen molar-refractivity contribution in [3.8, 4) is 5.75 Å². The molecule has 0 aliphatic heterocycles. The largest absolute Gasteiger partial charge is 0.508 e. The molecule has 0 saturated heterocycles. The number of carbonyl (C=O) groups excluding carboxylic acids is 1. The molecule has 0 atom stereocenters. The number of rotatable bonds is 2. The zero-order valence-electron chi connectivity index (χ0n) is 7.36. The summed E-state index contributed by atoms with van der Waals surface area (Å²) in [4.78, 5) is 10.5. The van der Waals surface area contributed by atoms with Gasteiger partial charge in [0, 0.05) is 5.56 Å². The minimum atomic E-state index is 0.329. The molecule has 1 N–H and O–H groups in total. The first kappa shape index (κ1) is 8.30. The van der Waals surface area contributed by atoms with E-state index in [9.17, 15) is 9.90 Å². The number of carbonyl (C=O) groups is 1. The molecule has 0 unspecified atom stereocenters. The van der Waals surface area contributed by atoms with Crippen molar-refractivity contribution >= 4 is 6.29 Å². The van der Waals surface area contributed by atoms with Crippen LogP contribution in [0.4, 0.5) is 0 Å². The molecule has 1 fully saturated rings. The van der Waals surface area contributed by atoms with Crippen molar-refractivity contribution in [1.29, 1.82) is 0 Å². The predicted molar refractivity (Wildman–Crippen MR) is 50.1 cm³/mol. The number of phenols is 1. The molecule has 13 heavy (non-hydrogen) atoms. The molecule has 1 saturated carbocycles. The maximum absolute atomic E-state index is 10.5. The zero-order chi connectivity index (χ0) is 9.26. The van der Waals surface area contributed by atoms with E-state index >= 15 is 0 Å². The summed E-state index contributed by atoms with van der Waals surface area (Å²) in [5.41, 5.74) is 1.59. The van der Waals surface area contributed by atoms with Gasteiger partial charge < -0.3 is 5.11 Å². The number of hydrogen-bond donors (Lipinski definition) is 1. The van der Waals surface area contributed by atoms with Crippen molar-refractivity contribution < 1.29 is 9.90 Å². The molecule has 1 aromatic rings. The molecule has 2 rings (SSSR count). The summed E-state index contributed by atoms with van der Waals surface area (Å²) in [5.74, 6) is 0.801. The smallest absolute Gasteiger partial charge is 0.150 e. The average molecular weight is 176 g/mol. The molecule has 68 valence electrons. The minimum absolute atomic E-state index is 0.329. The van der Waals surface area contributed by atoms with Crippen molar-refractivity contribution in [2.75, 3.05) is 0 Å². The van der Waals surface area contributed by atoms with Gasteiger partial charge in [-0.05, 0) is 42.5 Å². The Hall–Kier alpha value is -1.31. The van der Waals surface area contributed by atoms with Crippen molar-refractivity contribution in [2.45, 2.75) is 25.2 Å². The third kappa shape index (κ3) is 1.44. The van der Waals surface area contributed by atoms with Crippen LogP contribution in [0.1, 0.15) is 41.1 Å². The van der Waals surface area contributed by atoms with Gasteiger partial charge in [-0.1, -0.05) is 6.42 Å². The van der Waals surface area contributed by atoms with E-state index in [1.165, 1.54) is 6.42 Å². The van der Waals surface area contributed by atoms with Gasteiger partial charge >= 0.3 is 0 Å². The molecule has 0 bridgehead atoms. The SMILES string of the molecule is O=Cc1ccc(O)c(C2CCC2)c1. The van der Waals surface area contributed by atoms with Crippen molar-refractivity contribution in [1.82, 2.24) is 0 Å². The summed E-state index contributed by atoms with van der Waals surface area (Å²) < 4.78 is 0. The molecule has 0 aromatic heterocycles. The van der Waals surface area contributed by atoms with Gasteiger partial charge in [-0.3, -0.25) is 4.79 Å². The molecular weight excluding hydrogens is 164 g/mol. The Morgan fingerprint density at radius 2 is 2.15 bits per heavy atom. The van der Waals surface area contributed by atoms with E-state index in [1.54, 1.807) is 18.2 Å². The number of hydrogen-bond acceptors (Lipinski definition) is 2. The highest BCUT2D eigenvalue weighted by molar-refractivity contribution is 5.75. The van der Waals surface area contributed by atoms with Crippen LogP contribution in [0.2, 0.25) is 0 Å². The third-order valence-electron chi connectivity index (χ3n) is 2.73. The Labute approximate surface area is 77.2 Å². The van der Waals surface area contributed by atoms with Crippen molar-refractivity contribution in [3.05, 3.63) is 29.3 Å². The molecule has 0 amide bonds. The van der Waals surface area contributed by atoms with E-state index in [-0.39, 0.29) is 0 Å². The number of benzene rings is 1. The highest BCUT2D eigenvalue weighted by atomic mass is 16.3. The first-order chi connectivity index (χ1) is 6.31. The highest BCUT2D eigenvalue weighted by Crippen LogP contribution is 2.40. The summed E-state index contributed by atoms with van der Waals surface area (Å²) in [7, 11) is 0. The van der Waals surface area contributed by atoms with Gasteiger partial charge in [-0.15, -0.1) is 0 Å². The van der Waals surface area contributed by atoms with Crippen LogP contribution in [0, 0.1) is 0 Å². The zero-order valence-corrected chi connectivity index (χ0v) is 7.36. The van der Waals surface area contributed by atoms with Crippen LogP contribution in [0.5, 0.6) is 5.75 Å². The van der Waals surface area contributed by atoms with Crippen LogP contribution >= 0.6 is 0 Å². The Morgan fingerprint density at radius 1 is 1.38 bits per heavy atom. The molecule has 1 aliphatic carbocycles. The fourth-order valence-corrected chi connectivity index (χ4v) is 1.69. The summed E-state index contributed by atoms with van der Waals surface area (Å²) in [6.07, 6.45) is 4.32. The molecule has 2 nitrogen and oxygen atoms in total. The number of aldehydes is 1. The van der Waals surface area contributed by atoms with Gasteiger partial charge in [-0.2, -0.15) is 0 Å². The fraction of sp³-hybridized carbons (Fsp3) is 0.364. The second-order valence-electron chi connectivity index (χ2n) is 3.56. The van der Waals surface area contributed by atoms with Crippen LogP contribution in [0.3, 0.4) is 0 Å². The monoisotopic (exact) mass is 176 g/mol. The summed E-state index contributed by atoms with van der Waals surface area (Å²) in [6, 6.07) is 5.05. The molecule has 0 spiro atoms. The number of aromatic hydroxyl groups is 1. The van der Waals surface area contributed by atoms with E-state index < -0.39 is 0 Å². The lowest BCUT2D eigenvalue weighted by atomic mass is 9.79. The Bertz CT molecular complexity index is 327. The van der Waals surface area contributed by atoms with Crippen molar-refractivity contribution in [2.24, 2.45) is 0 Å². The summed E-state index contributed by atoms with van der Waals surface area (Å²) in [5, 5.41) is 9.55. The van der Waals surface area contributed by atoms with Gasteiger partial charge in [0.1, 0.15) is 12.0 Å². The van der Waals surface area contributed by atoms with Gasteiger partial charge in [0.05, 0.1) is 0 Å². The Morgan fingerprint density at radius 3 is 2.69 bits per heavy atom. The van der Waals surface area contributed by atoms with Gasteiger partial charge in [-0.25, -0.2) is 0 Å². The van der Waals surface area contributed by atoms with Crippen LogP contribution in [0.25, 0.3) is 0 Å². The lowest BCUT2D eigenvalue weighted by Crippen LogP contribution is -2.09. The van der Waals surface area contributed by atoms with Crippen molar-refractivity contribution in [3.63, 3.8) is 0 Å². The molecule has 0 heterocycles. The highest BCUT2D eigenvalue weighted by Gasteiger charge is 2.22. The van der Waals surface area contributed by atoms with Crippen LogP contribution in [0.15, 0.2) is 18.2 Å². The maximum atomic E-state index is 10.5. The first-order valence-corrected chi connectivity index (χ1v) is 4.59. The fourth-order valence-electron chi connectivity index (χ4n) is 1.69. The second-order valence-corrected chi connectivity index (χ2v) is 3.56. The van der Waals surface area contributed by atoms with E-state index in [0.29, 0.717) is 17.2 Å². The van der Waals surface area contributed by atoms with Crippen LogP contribution in [-0.4, -0.2) is 11.4 Å². The molecule has 2 heteroatoms. The summed E-state index contributed by atoms with van der Waals surface area (Å²) >= 11 is 0. The molecule has 0 radical (unpaired) electrons. The predicted octanol–water partition coefficient (Wildman–Crippen LogP) is 2.47. The normalized spacial score (nSPS) is 16.6. The van der Waals surface area contributed by atoms with Gasteiger partial charge in [0.15, 0.2) is 0 Å². The summed E-state index contributed by atoms with van der Waals surface area (Å²) in [6.45, 7) is 0. The standard InChI is InChI=1S/C11H12O2/c12-7-8-4-5-11(13)10(6-8)9-2-1-3-9/h4-7,9,13H,1-3H2. The Balaban J connectivity index is 2.35. The second kappa shape index (κ2) is 3.21. The quantitative estimate of drug-likeness (QED) is 0.703. The molecular formula is C11H12O2. The Kier molecular flexibility index (Phi) is 2.05. The van der Waals surface area contributed by atoms with Crippen LogP contribution < -0.4 is 0 Å². The van der Waals surface area contributed by atoms with E-state index in [2.05, 4.69) is 0 Å². The lowest BCUT2D eigenvalue weighted by molar-refractivity contribution is 0.112. The molecule has 1 aliphatic rings. The van der Waals surface area contributed by atoms with Gasteiger partial charge in [0.2, 0.25) is 0 Å². The van der Waals surface area contributed by atoms with E-state index in [0.717, 1.165) is 24.7 Å². The lowest BCUT2D eigenvalue weighted by Gasteiger charge is -2.26. The van der Waals surface area contributed by atoms with Crippen LogP contribution in [-0.2, 0) is 0 Å². The maximum Gasteiger partial charge on any atom is 0.150 e. The third-order valence-corrected chi connectivity index (χ3v) is 2.73. The minimum Gasteiger partial charge on any atom is -0.508 e. The topological polar surface area (TPSA) is 37.3 Å².